The van der Waals surface area contributed by atoms with Gasteiger partial charge in [0.25, 0.3) is 0 Å². The van der Waals surface area contributed by atoms with Crippen molar-refractivity contribution in [1.29, 1.82) is 0 Å². The minimum absolute atomic E-state index is 0.359. The van der Waals surface area contributed by atoms with Gasteiger partial charge in [-0.25, -0.2) is 9.78 Å². The van der Waals surface area contributed by atoms with Crippen LogP contribution < -0.4 is 10.4 Å². The van der Waals surface area contributed by atoms with Crippen molar-refractivity contribution >= 4 is 0 Å². The Morgan fingerprint density at radius 1 is 1.28 bits per heavy atom. The summed E-state index contributed by atoms with van der Waals surface area (Å²) in [5, 5.41) is 0. The molecule has 0 saturated carbocycles. The molecule has 0 spiro atoms. The highest BCUT2D eigenvalue weighted by Gasteiger charge is 2.09. The average Bonchev–Trinajstić information content (AvgIpc) is 2.37. The summed E-state index contributed by atoms with van der Waals surface area (Å²) in [5.74, 6) is 1.19. The molecule has 1 aromatic carbocycles. The summed E-state index contributed by atoms with van der Waals surface area (Å²) in [6.07, 6.45) is 1.49. The van der Waals surface area contributed by atoms with Crippen molar-refractivity contribution in [3.8, 4) is 17.0 Å². The maximum absolute atomic E-state index is 11.2. The van der Waals surface area contributed by atoms with Gasteiger partial charge in [0.1, 0.15) is 5.75 Å². The molecular formula is C14H16N2O2. The lowest BCUT2D eigenvalue weighted by atomic mass is 10.00. The quantitative estimate of drug-likeness (QED) is 0.902. The van der Waals surface area contributed by atoms with Crippen LogP contribution in [0.25, 0.3) is 11.3 Å². The van der Waals surface area contributed by atoms with Gasteiger partial charge in [-0.3, -0.25) is 0 Å². The number of hydrogen-bond acceptors (Lipinski definition) is 3. The molecular weight excluding hydrogens is 228 g/mol. The van der Waals surface area contributed by atoms with Crippen LogP contribution in [-0.4, -0.2) is 17.1 Å². The zero-order valence-corrected chi connectivity index (χ0v) is 10.7. The summed E-state index contributed by atoms with van der Waals surface area (Å²) in [5.41, 5.74) is 2.41. The third-order valence-electron chi connectivity index (χ3n) is 2.86. The van der Waals surface area contributed by atoms with Crippen molar-refractivity contribution in [3.05, 3.63) is 46.5 Å². The van der Waals surface area contributed by atoms with Crippen molar-refractivity contribution in [2.75, 3.05) is 7.11 Å². The summed E-state index contributed by atoms with van der Waals surface area (Å²) in [6, 6.07) is 7.76. The second-order valence-corrected chi connectivity index (χ2v) is 4.40. The normalized spacial score (nSPS) is 10.7. The first-order valence-corrected chi connectivity index (χ1v) is 5.85. The number of H-pyrrole nitrogens is 1. The first-order valence-electron chi connectivity index (χ1n) is 5.85. The molecule has 0 aliphatic heterocycles. The fourth-order valence-electron chi connectivity index (χ4n) is 1.82. The van der Waals surface area contributed by atoms with Gasteiger partial charge in [-0.1, -0.05) is 19.9 Å². The Morgan fingerprint density at radius 2 is 2.06 bits per heavy atom. The SMILES string of the molecule is COc1cc(C(C)C)ccc1-c1ccnc(=O)[nH]1. The molecule has 94 valence electrons. The van der Waals surface area contributed by atoms with E-state index in [2.05, 4.69) is 23.8 Å². The topological polar surface area (TPSA) is 55.0 Å². The fourth-order valence-corrected chi connectivity index (χ4v) is 1.82. The summed E-state index contributed by atoms with van der Waals surface area (Å²) in [7, 11) is 1.63. The maximum atomic E-state index is 11.2. The first kappa shape index (κ1) is 12.4. The highest BCUT2D eigenvalue weighted by Crippen LogP contribution is 2.31. The lowest BCUT2D eigenvalue weighted by Crippen LogP contribution is -2.09. The highest BCUT2D eigenvalue weighted by molar-refractivity contribution is 5.67. The van der Waals surface area contributed by atoms with E-state index in [0.29, 0.717) is 11.6 Å². The average molecular weight is 244 g/mol. The molecule has 0 saturated heterocycles. The lowest BCUT2D eigenvalue weighted by Gasteiger charge is -2.12. The molecule has 4 nitrogen and oxygen atoms in total. The molecule has 0 aliphatic rings. The summed E-state index contributed by atoms with van der Waals surface area (Å²) < 4.78 is 5.39. The van der Waals surface area contributed by atoms with E-state index >= 15 is 0 Å². The minimum Gasteiger partial charge on any atom is -0.496 e. The Hall–Kier alpha value is -2.10. The second-order valence-electron chi connectivity index (χ2n) is 4.40. The summed E-state index contributed by atoms with van der Waals surface area (Å²) in [6.45, 7) is 4.26. The van der Waals surface area contributed by atoms with Gasteiger partial charge in [0.05, 0.1) is 12.8 Å². The maximum Gasteiger partial charge on any atom is 0.345 e. The van der Waals surface area contributed by atoms with E-state index in [4.69, 9.17) is 4.74 Å². The molecule has 1 heterocycles. The van der Waals surface area contributed by atoms with E-state index in [1.54, 1.807) is 13.2 Å². The second kappa shape index (κ2) is 5.04. The number of nitrogens with one attached hydrogen (secondary N) is 1. The van der Waals surface area contributed by atoms with Crippen LogP contribution in [0.4, 0.5) is 0 Å². The van der Waals surface area contributed by atoms with Crippen molar-refractivity contribution in [2.24, 2.45) is 0 Å². The molecule has 0 aliphatic carbocycles. The monoisotopic (exact) mass is 244 g/mol. The van der Waals surface area contributed by atoms with Gasteiger partial charge in [0.15, 0.2) is 0 Å². The predicted molar refractivity (Wildman–Crippen MR) is 70.9 cm³/mol. The number of aromatic amines is 1. The van der Waals surface area contributed by atoms with E-state index in [0.717, 1.165) is 11.3 Å². The van der Waals surface area contributed by atoms with Crippen LogP contribution in [0.1, 0.15) is 25.3 Å². The Balaban J connectivity index is 2.54. The molecule has 18 heavy (non-hydrogen) atoms. The van der Waals surface area contributed by atoms with Crippen molar-refractivity contribution in [3.63, 3.8) is 0 Å². The number of methoxy groups -OCH3 is 1. The third kappa shape index (κ3) is 2.42. The molecule has 2 aromatic rings. The van der Waals surface area contributed by atoms with Crippen LogP contribution in [0.5, 0.6) is 5.75 Å². The molecule has 0 fully saturated rings. The van der Waals surface area contributed by atoms with Crippen LogP contribution >= 0.6 is 0 Å². The molecule has 0 bridgehead atoms. The molecule has 1 aromatic heterocycles. The van der Waals surface area contributed by atoms with Gasteiger partial charge < -0.3 is 9.72 Å². The van der Waals surface area contributed by atoms with E-state index in [-0.39, 0.29) is 5.69 Å². The number of hydrogen-bond donors (Lipinski definition) is 1. The van der Waals surface area contributed by atoms with Crippen LogP contribution in [-0.2, 0) is 0 Å². The molecule has 0 atom stereocenters. The molecule has 0 amide bonds. The Labute approximate surface area is 106 Å². The van der Waals surface area contributed by atoms with Gasteiger partial charge in [-0.15, -0.1) is 0 Å². The Kier molecular flexibility index (Phi) is 3.46. The molecule has 4 heteroatoms. The summed E-state index contributed by atoms with van der Waals surface area (Å²) in [4.78, 5) is 17.5. The number of rotatable bonds is 3. The van der Waals surface area contributed by atoms with Crippen LogP contribution in [0.3, 0.4) is 0 Å². The molecule has 0 radical (unpaired) electrons. The summed E-state index contributed by atoms with van der Waals surface area (Å²) >= 11 is 0. The number of benzene rings is 1. The minimum atomic E-state index is -0.359. The fraction of sp³-hybridized carbons (Fsp3) is 0.286. The standard InChI is InChI=1S/C14H16N2O2/c1-9(2)10-4-5-11(13(8-10)18-3)12-6-7-15-14(17)16-12/h4-9H,1-3H3,(H,15,16,17). The zero-order chi connectivity index (χ0) is 13.1. The smallest absolute Gasteiger partial charge is 0.345 e. The number of nitrogens with zero attached hydrogens (tertiary/aromatic N) is 1. The molecule has 2 rings (SSSR count). The van der Waals surface area contributed by atoms with Gasteiger partial charge in [0.2, 0.25) is 0 Å². The Bertz CT molecular complexity index is 603. The zero-order valence-electron chi connectivity index (χ0n) is 10.7. The van der Waals surface area contributed by atoms with Crippen molar-refractivity contribution < 1.29 is 4.74 Å². The van der Waals surface area contributed by atoms with Gasteiger partial charge in [-0.05, 0) is 29.7 Å². The number of ether oxygens (including phenoxy) is 1. The van der Waals surface area contributed by atoms with Crippen molar-refractivity contribution in [1.82, 2.24) is 9.97 Å². The van der Waals surface area contributed by atoms with Crippen molar-refractivity contribution in [2.45, 2.75) is 19.8 Å². The van der Waals surface area contributed by atoms with Crippen LogP contribution in [0, 0.1) is 0 Å². The van der Waals surface area contributed by atoms with E-state index in [1.807, 2.05) is 18.2 Å². The van der Waals surface area contributed by atoms with Gasteiger partial charge >= 0.3 is 5.69 Å². The van der Waals surface area contributed by atoms with E-state index < -0.39 is 0 Å². The van der Waals surface area contributed by atoms with Gasteiger partial charge in [0, 0.05) is 11.8 Å². The van der Waals surface area contributed by atoms with E-state index in [1.165, 1.54) is 11.8 Å². The predicted octanol–water partition coefficient (Wildman–Crippen LogP) is 2.57. The van der Waals surface area contributed by atoms with Crippen LogP contribution in [0.15, 0.2) is 35.3 Å². The third-order valence-corrected chi connectivity index (χ3v) is 2.86. The molecule has 0 unspecified atom stereocenters. The van der Waals surface area contributed by atoms with Crippen LogP contribution in [0.2, 0.25) is 0 Å². The lowest BCUT2D eigenvalue weighted by molar-refractivity contribution is 0.415. The molecule has 1 N–H and O–H groups in total. The number of aromatic nitrogens is 2. The largest absolute Gasteiger partial charge is 0.496 e. The van der Waals surface area contributed by atoms with E-state index in [9.17, 15) is 4.79 Å². The first-order chi connectivity index (χ1) is 8.61. The Morgan fingerprint density at radius 3 is 2.67 bits per heavy atom. The highest BCUT2D eigenvalue weighted by atomic mass is 16.5. The van der Waals surface area contributed by atoms with Gasteiger partial charge in [-0.2, -0.15) is 0 Å².